The van der Waals surface area contributed by atoms with Gasteiger partial charge >= 0.3 is 0 Å². The lowest BCUT2D eigenvalue weighted by molar-refractivity contribution is 0.600. The third kappa shape index (κ3) is 3.49. The third-order valence-corrected chi connectivity index (χ3v) is 4.68. The summed E-state index contributed by atoms with van der Waals surface area (Å²) >= 11 is 6.22. The summed E-state index contributed by atoms with van der Waals surface area (Å²) in [6.07, 6.45) is 1.34. The number of nitrogens with two attached hydrogens (primary N) is 1. The molecule has 1 aromatic carbocycles. The Morgan fingerprint density at radius 1 is 1.33 bits per heavy atom. The van der Waals surface area contributed by atoms with E-state index in [2.05, 4.69) is 46.5 Å². The van der Waals surface area contributed by atoms with Crippen molar-refractivity contribution in [3.63, 3.8) is 0 Å². The minimum atomic E-state index is -3.98. The van der Waals surface area contributed by atoms with Crippen LogP contribution in [0.15, 0.2) is 38.5 Å². The summed E-state index contributed by atoms with van der Waals surface area (Å²) in [5.74, 6) is 0.0129. The summed E-state index contributed by atoms with van der Waals surface area (Å²) in [5, 5.41) is 9.02. The lowest BCUT2D eigenvalue weighted by Crippen LogP contribution is -2.16. The van der Waals surface area contributed by atoms with Crippen LogP contribution in [0.25, 0.3) is 0 Å². The molecular weight excluding hydrogens is 426 g/mol. The first-order valence-corrected chi connectivity index (χ1v) is 8.41. The average Bonchev–Trinajstić information content (AvgIpc) is 2.41. The first-order chi connectivity index (χ1) is 9.83. The van der Waals surface area contributed by atoms with E-state index in [9.17, 15) is 8.42 Å². The fourth-order valence-electron chi connectivity index (χ4n) is 1.47. The topological polar surface area (TPSA) is 122 Å². The Bertz CT molecular complexity index is 848. The van der Waals surface area contributed by atoms with Gasteiger partial charge in [-0.3, -0.25) is 4.72 Å². The van der Waals surface area contributed by atoms with Gasteiger partial charge in [-0.1, -0.05) is 0 Å². The second-order valence-corrected chi connectivity index (χ2v) is 7.02. The number of anilines is 2. The Balaban J connectivity index is 2.46. The van der Waals surface area contributed by atoms with Crippen LogP contribution >= 0.6 is 31.9 Å². The van der Waals surface area contributed by atoms with Gasteiger partial charge in [0.1, 0.15) is 15.6 Å². The molecule has 21 heavy (non-hydrogen) atoms. The second kappa shape index (κ2) is 5.97. The molecule has 0 bridgehead atoms. The van der Waals surface area contributed by atoms with E-state index in [-0.39, 0.29) is 20.9 Å². The maximum absolute atomic E-state index is 12.3. The summed E-state index contributed by atoms with van der Waals surface area (Å²) in [6.45, 7) is 0. The molecule has 0 saturated carbocycles. The molecule has 1 heterocycles. The van der Waals surface area contributed by atoms with E-state index >= 15 is 0 Å². The number of nitrogens with one attached hydrogen (secondary N) is 1. The van der Waals surface area contributed by atoms with Crippen molar-refractivity contribution >= 4 is 53.4 Å². The molecule has 108 valence electrons. The predicted molar refractivity (Wildman–Crippen MR) is 83.8 cm³/mol. The van der Waals surface area contributed by atoms with Crippen molar-refractivity contribution in [1.82, 2.24) is 9.97 Å². The zero-order valence-corrected chi connectivity index (χ0v) is 14.2. The van der Waals surface area contributed by atoms with Gasteiger partial charge in [0.2, 0.25) is 0 Å². The molecule has 7 nitrogen and oxygen atoms in total. The highest BCUT2D eigenvalue weighted by atomic mass is 79.9. The number of nitrogens with zero attached hydrogens (tertiary/aromatic N) is 3. The molecule has 0 aliphatic rings. The molecule has 0 radical (unpaired) electrons. The summed E-state index contributed by atoms with van der Waals surface area (Å²) in [7, 11) is -3.98. The van der Waals surface area contributed by atoms with Crippen molar-refractivity contribution in [3.05, 3.63) is 39.2 Å². The monoisotopic (exact) mass is 431 g/mol. The first-order valence-electron chi connectivity index (χ1n) is 5.34. The van der Waals surface area contributed by atoms with E-state index in [0.717, 1.165) is 0 Å². The van der Waals surface area contributed by atoms with E-state index in [4.69, 9.17) is 11.0 Å². The summed E-state index contributed by atoms with van der Waals surface area (Å²) < 4.78 is 27.6. The molecule has 2 aromatic rings. The Labute approximate surface area is 137 Å². The number of nitriles is 1. The van der Waals surface area contributed by atoms with Gasteiger partial charge in [-0.05, 0) is 50.1 Å². The number of nitrogen functional groups attached to an aromatic ring is 1. The van der Waals surface area contributed by atoms with Crippen LogP contribution in [0.3, 0.4) is 0 Å². The number of rotatable bonds is 3. The number of hydrogen-bond donors (Lipinski definition) is 2. The highest BCUT2D eigenvalue weighted by Gasteiger charge is 2.21. The molecule has 1 aromatic heterocycles. The smallest absolute Gasteiger partial charge is 0.264 e. The number of aromatic nitrogens is 2. The normalized spacial score (nSPS) is 10.9. The van der Waals surface area contributed by atoms with E-state index in [1.165, 1.54) is 24.4 Å². The molecule has 0 unspecified atom stereocenters. The largest absolute Gasteiger partial charge is 0.399 e. The van der Waals surface area contributed by atoms with Gasteiger partial charge < -0.3 is 5.73 Å². The molecule has 0 amide bonds. The first kappa shape index (κ1) is 15.7. The van der Waals surface area contributed by atoms with E-state index < -0.39 is 10.0 Å². The molecule has 10 heteroatoms. The quantitative estimate of drug-likeness (QED) is 0.717. The highest BCUT2D eigenvalue weighted by Crippen LogP contribution is 2.24. The molecule has 0 aliphatic carbocycles. The van der Waals surface area contributed by atoms with E-state index in [1.807, 2.05) is 0 Å². The second-order valence-electron chi connectivity index (χ2n) is 3.81. The standard InChI is InChI=1S/C11H7Br2N5O2S/c12-9-5-16-11(10(13)17-9)18-21(19,20)8-2-1-7(15)3-6(8)4-14/h1-3,5H,15H2,(H,16,18). The maximum Gasteiger partial charge on any atom is 0.264 e. The van der Waals surface area contributed by atoms with Crippen LogP contribution in [0.1, 0.15) is 5.56 Å². The highest BCUT2D eigenvalue weighted by molar-refractivity contribution is 9.11. The van der Waals surface area contributed by atoms with Gasteiger partial charge in [0.05, 0.1) is 11.8 Å². The van der Waals surface area contributed by atoms with Crippen LogP contribution in [-0.2, 0) is 10.0 Å². The van der Waals surface area contributed by atoms with Crippen LogP contribution < -0.4 is 10.5 Å². The fraction of sp³-hybridized carbons (Fsp3) is 0. The van der Waals surface area contributed by atoms with Crippen molar-refractivity contribution in [2.75, 3.05) is 10.5 Å². The van der Waals surface area contributed by atoms with Crippen molar-refractivity contribution in [1.29, 1.82) is 5.26 Å². The van der Waals surface area contributed by atoms with Crippen molar-refractivity contribution in [2.24, 2.45) is 0 Å². The zero-order valence-electron chi connectivity index (χ0n) is 10.2. The number of hydrogen-bond acceptors (Lipinski definition) is 6. The molecule has 0 saturated heterocycles. The van der Waals surface area contributed by atoms with Gasteiger partial charge in [0, 0.05) is 5.69 Å². The number of benzene rings is 1. The van der Waals surface area contributed by atoms with E-state index in [0.29, 0.717) is 10.3 Å². The van der Waals surface area contributed by atoms with Crippen LogP contribution in [0.2, 0.25) is 0 Å². The molecule has 0 spiro atoms. The molecule has 3 N–H and O–H groups in total. The van der Waals surface area contributed by atoms with E-state index in [1.54, 1.807) is 6.07 Å². The maximum atomic E-state index is 12.3. The molecule has 0 fully saturated rings. The van der Waals surface area contributed by atoms with Gasteiger partial charge in [-0.15, -0.1) is 0 Å². The van der Waals surface area contributed by atoms with Gasteiger partial charge in [0.15, 0.2) is 10.4 Å². The van der Waals surface area contributed by atoms with Gasteiger partial charge in [-0.25, -0.2) is 18.4 Å². The Morgan fingerprint density at radius 2 is 2.05 bits per heavy atom. The Kier molecular flexibility index (Phi) is 4.46. The zero-order chi connectivity index (χ0) is 15.6. The summed E-state index contributed by atoms with van der Waals surface area (Å²) in [4.78, 5) is 7.69. The minimum absolute atomic E-state index is 0.0129. The van der Waals surface area contributed by atoms with Gasteiger partial charge in [0.25, 0.3) is 10.0 Å². The Hall–Kier alpha value is -1.70. The van der Waals surface area contributed by atoms with Crippen LogP contribution in [-0.4, -0.2) is 18.4 Å². The van der Waals surface area contributed by atoms with Gasteiger partial charge in [-0.2, -0.15) is 5.26 Å². The molecule has 0 aliphatic heterocycles. The number of sulfonamides is 1. The van der Waals surface area contributed by atoms with Crippen LogP contribution in [0.5, 0.6) is 0 Å². The lowest BCUT2D eigenvalue weighted by atomic mass is 10.2. The average molecular weight is 433 g/mol. The summed E-state index contributed by atoms with van der Waals surface area (Å²) in [5.41, 5.74) is 5.79. The lowest BCUT2D eigenvalue weighted by Gasteiger charge is -2.10. The van der Waals surface area contributed by atoms with Crippen molar-refractivity contribution < 1.29 is 8.42 Å². The molecular formula is C11H7Br2N5O2S. The minimum Gasteiger partial charge on any atom is -0.399 e. The SMILES string of the molecule is N#Cc1cc(N)ccc1S(=O)(=O)Nc1ncc(Br)nc1Br. The van der Waals surface area contributed by atoms with Crippen molar-refractivity contribution in [3.8, 4) is 6.07 Å². The molecule has 0 atom stereocenters. The predicted octanol–water partition coefficient (Wildman–Crippen LogP) is 2.26. The Morgan fingerprint density at radius 3 is 2.67 bits per heavy atom. The fourth-order valence-corrected chi connectivity index (χ4v) is 3.66. The molecule has 2 rings (SSSR count). The summed E-state index contributed by atoms with van der Waals surface area (Å²) in [6, 6.07) is 5.75. The number of halogens is 2. The van der Waals surface area contributed by atoms with Crippen LogP contribution in [0.4, 0.5) is 11.5 Å². The van der Waals surface area contributed by atoms with Crippen molar-refractivity contribution in [2.45, 2.75) is 4.90 Å². The third-order valence-electron chi connectivity index (χ3n) is 2.35. The van der Waals surface area contributed by atoms with Crippen LogP contribution in [0, 0.1) is 11.3 Å².